The number of ether oxygens (including phenoxy) is 1. The molecule has 0 spiro atoms. The van der Waals surface area contributed by atoms with Crippen LogP contribution in [0.3, 0.4) is 0 Å². The molecule has 3 aromatic rings. The van der Waals surface area contributed by atoms with Crippen LogP contribution >= 0.6 is 23.4 Å². The van der Waals surface area contributed by atoms with E-state index < -0.39 is 5.25 Å². The van der Waals surface area contributed by atoms with Crippen molar-refractivity contribution in [2.75, 3.05) is 12.4 Å². The summed E-state index contributed by atoms with van der Waals surface area (Å²) in [7, 11) is 1.57. The molecule has 2 aromatic carbocycles. The minimum atomic E-state index is -0.429. The zero-order valence-corrected chi connectivity index (χ0v) is 17.8. The van der Waals surface area contributed by atoms with Gasteiger partial charge in [-0.2, -0.15) is 9.78 Å². The molecule has 1 N–H and O–H groups in total. The maximum Gasteiger partial charge on any atom is 0.271 e. The molecule has 0 saturated heterocycles. The Morgan fingerprint density at radius 3 is 2.72 bits per heavy atom. The van der Waals surface area contributed by atoms with Gasteiger partial charge in [-0.1, -0.05) is 35.5 Å². The van der Waals surface area contributed by atoms with E-state index in [0.29, 0.717) is 27.2 Å². The Bertz CT molecular complexity index is 1100. The number of nitrogens with zero attached hydrogens (tertiary/aromatic N) is 2. The monoisotopic (exact) mass is 429 g/mol. The molecular weight excluding hydrogens is 410 g/mol. The number of carbonyl (C=O) groups is 1. The first-order chi connectivity index (χ1) is 13.9. The number of carbonyl (C=O) groups excluding carboxylic acids is 1. The molecule has 1 amide bonds. The van der Waals surface area contributed by atoms with E-state index in [-0.39, 0.29) is 11.5 Å². The Morgan fingerprint density at radius 2 is 2.00 bits per heavy atom. The Kier molecular flexibility index (Phi) is 6.61. The summed E-state index contributed by atoms with van der Waals surface area (Å²) in [5, 5.41) is 7.91. The summed E-state index contributed by atoms with van der Waals surface area (Å²) in [5.74, 6) is 0.481. The van der Waals surface area contributed by atoms with E-state index in [1.54, 1.807) is 56.5 Å². The van der Waals surface area contributed by atoms with Crippen molar-refractivity contribution in [3.05, 3.63) is 75.5 Å². The molecule has 29 heavy (non-hydrogen) atoms. The van der Waals surface area contributed by atoms with E-state index in [1.807, 2.05) is 13.0 Å². The lowest BCUT2D eigenvalue weighted by molar-refractivity contribution is -0.115. The van der Waals surface area contributed by atoms with Crippen LogP contribution in [0.5, 0.6) is 5.75 Å². The highest BCUT2D eigenvalue weighted by Crippen LogP contribution is 2.24. The van der Waals surface area contributed by atoms with Crippen molar-refractivity contribution >= 4 is 35.0 Å². The maximum absolute atomic E-state index is 12.5. The van der Waals surface area contributed by atoms with Gasteiger partial charge in [0.15, 0.2) is 0 Å². The molecule has 3 rings (SSSR count). The van der Waals surface area contributed by atoms with E-state index in [1.165, 1.54) is 22.5 Å². The molecule has 150 valence electrons. The number of benzene rings is 2. The number of aromatic nitrogens is 2. The molecule has 1 atom stereocenters. The maximum atomic E-state index is 12.5. The first-order valence-electron chi connectivity index (χ1n) is 8.86. The largest absolute Gasteiger partial charge is 0.497 e. The van der Waals surface area contributed by atoms with E-state index in [9.17, 15) is 9.59 Å². The Labute approximate surface area is 177 Å². The van der Waals surface area contributed by atoms with Gasteiger partial charge < -0.3 is 10.1 Å². The molecule has 0 aliphatic heterocycles. The molecule has 6 nitrogen and oxygen atoms in total. The van der Waals surface area contributed by atoms with E-state index in [2.05, 4.69) is 10.4 Å². The number of nitrogens with one attached hydrogen (secondary N) is 1. The molecule has 0 bridgehead atoms. The minimum Gasteiger partial charge on any atom is -0.497 e. The second-order valence-electron chi connectivity index (χ2n) is 6.34. The van der Waals surface area contributed by atoms with Crippen LogP contribution < -0.4 is 15.6 Å². The first kappa shape index (κ1) is 21.0. The highest BCUT2D eigenvalue weighted by atomic mass is 35.5. The van der Waals surface area contributed by atoms with Gasteiger partial charge in [0, 0.05) is 22.8 Å². The normalized spacial score (nSPS) is 11.7. The van der Waals surface area contributed by atoms with E-state index in [4.69, 9.17) is 16.3 Å². The zero-order chi connectivity index (χ0) is 21.0. The van der Waals surface area contributed by atoms with Gasteiger partial charge in [-0.25, -0.2) is 0 Å². The quantitative estimate of drug-likeness (QED) is 0.590. The van der Waals surface area contributed by atoms with Crippen LogP contribution in [0.15, 0.2) is 64.4 Å². The number of amides is 1. The van der Waals surface area contributed by atoms with E-state index in [0.717, 1.165) is 5.56 Å². The average Bonchev–Trinajstić information content (AvgIpc) is 2.71. The predicted molar refractivity (Wildman–Crippen MR) is 117 cm³/mol. The highest BCUT2D eigenvalue weighted by Gasteiger charge is 2.17. The van der Waals surface area contributed by atoms with Crippen LogP contribution in [-0.4, -0.2) is 28.0 Å². The van der Waals surface area contributed by atoms with Crippen LogP contribution in [0.4, 0.5) is 5.69 Å². The standard InChI is InChI=1S/C21H20ClN3O3S/c1-13-7-8-16(12-18(13)22)25-20(26)10-9-19(24-25)29-14(2)21(27)23-15-5-4-6-17(11-15)28-3/h4-12,14H,1-3H3,(H,23,27). The van der Waals surface area contributed by atoms with Crippen molar-refractivity contribution in [2.24, 2.45) is 0 Å². The number of aryl methyl sites for hydroxylation is 1. The summed E-state index contributed by atoms with van der Waals surface area (Å²) in [6, 6.07) is 15.5. The van der Waals surface area contributed by atoms with Crippen molar-refractivity contribution in [1.82, 2.24) is 9.78 Å². The minimum absolute atomic E-state index is 0.179. The van der Waals surface area contributed by atoms with Crippen LogP contribution in [0, 0.1) is 6.92 Å². The topological polar surface area (TPSA) is 73.2 Å². The molecule has 1 heterocycles. The zero-order valence-electron chi connectivity index (χ0n) is 16.2. The van der Waals surface area contributed by atoms with Crippen LogP contribution in [0.25, 0.3) is 5.69 Å². The lowest BCUT2D eigenvalue weighted by Gasteiger charge is -2.13. The molecule has 1 aromatic heterocycles. The second kappa shape index (κ2) is 9.15. The fourth-order valence-electron chi connectivity index (χ4n) is 2.54. The van der Waals surface area contributed by atoms with Crippen LogP contribution in [0.2, 0.25) is 5.02 Å². The molecule has 0 aliphatic rings. The third kappa shape index (κ3) is 5.19. The van der Waals surface area contributed by atoms with Crippen molar-refractivity contribution in [3.8, 4) is 11.4 Å². The number of halogens is 1. The molecule has 8 heteroatoms. The van der Waals surface area contributed by atoms with Crippen molar-refractivity contribution in [1.29, 1.82) is 0 Å². The summed E-state index contributed by atoms with van der Waals surface area (Å²) < 4.78 is 6.44. The molecule has 1 unspecified atom stereocenters. The lowest BCUT2D eigenvalue weighted by atomic mass is 10.2. The summed E-state index contributed by atoms with van der Waals surface area (Å²) in [5.41, 5.74) is 1.86. The summed E-state index contributed by atoms with van der Waals surface area (Å²) in [4.78, 5) is 24.8. The number of anilines is 1. The average molecular weight is 430 g/mol. The SMILES string of the molecule is COc1cccc(NC(=O)C(C)Sc2ccc(=O)n(-c3ccc(C)c(Cl)c3)n2)c1. The second-order valence-corrected chi connectivity index (χ2v) is 8.10. The Balaban J connectivity index is 1.76. The van der Waals surface area contributed by atoms with Gasteiger partial charge in [0.2, 0.25) is 5.91 Å². The molecule has 0 saturated carbocycles. The highest BCUT2D eigenvalue weighted by molar-refractivity contribution is 8.00. The van der Waals surface area contributed by atoms with Crippen molar-refractivity contribution in [2.45, 2.75) is 24.1 Å². The third-order valence-corrected chi connectivity index (χ3v) is 5.61. The van der Waals surface area contributed by atoms with Gasteiger partial charge in [-0.15, -0.1) is 0 Å². The van der Waals surface area contributed by atoms with Crippen molar-refractivity contribution in [3.63, 3.8) is 0 Å². The van der Waals surface area contributed by atoms with Gasteiger partial charge in [0.05, 0.1) is 18.0 Å². The van der Waals surface area contributed by atoms with Gasteiger partial charge >= 0.3 is 0 Å². The predicted octanol–water partition coefficient (Wildman–Crippen LogP) is 4.32. The fourth-order valence-corrected chi connectivity index (χ4v) is 3.51. The summed E-state index contributed by atoms with van der Waals surface area (Å²) in [6.07, 6.45) is 0. The van der Waals surface area contributed by atoms with Crippen molar-refractivity contribution < 1.29 is 9.53 Å². The molecular formula is C21H20ClN3O3S. The third-order valence-electron chi connectivity index (χ3n) is 4.18. The summed E-state index contributed by atoms with van der Waals surface area (Å²) >= 11 is 7.43. The molecule has 0 aliphatic carbocycles. The first-order valence-corrected chi connectivity index (χ1v) is 10.1. The van der Waals surface area contributed by atoms with Gasteiger partial charge in [-0.05, 0) is 49.7 Å². The number of hydrogen-bond acceptors (Lipinski definition) is 5. The Morgan fingerprint density at radius 1 is 1.21 bits per heavy atom. The smallest absolute Gasteiger partial charge is 0.271 e. The van der Waals surface area contributed by atoms with Crippen LogP contribution in [-0.2, 0) is 4.79 Å². The number of hydrogen-bond donors (Lipinski definition) is 1. The fraction of sp³-hybridized carbons (Fsp3) is 0.190. The number of methoxy groups -OCH3 is 1. The van der Waals surface area contributed by atoms with Gasteiger partial charge in [0.25, 0.3) is 5.56 Å². The number of thioether (sulfide) groups is 1. The van der Waals surface area contributed by atoms with Crippen LogP contribution in [0.1, 0.15) is 12.5 Å². The Hall–Kier alpha value is -2.77. The molecule has 0 fully saturated rings. The number of rotatable bonds is 6. The summed E-state index contributed by atoms with van der Waals surface area (Å²) in [6.45, 7) is 3.66. The lowest BCUT2D eigenvalue weighted by Crippen LogP contribution is -2.24. The van der Waals surface area contributed by atoms with E-state index >= 15 is 0 Å². The van der Waals surface area contributed by atoms with Gasteiger partial charge in [-0.3, -0.25) is 9.59 Å². The van der Waals surface area contributed by atoms with Gasteiger partial charge in [0.1, 0.15) is 10.8 Å². The molecule has 0 radical (unpaired) electrons.